The first-order valence-electron chi connectivity index (χ1n) is 12.0. The maximum Gasteiger partial charge on any atom is 0.335 e. The lowest BCUT2D eigenvalue weighted by atomic mass is 9.72. The molecule has 37 heavy (non-hydrogen) atoms. The molecule has 0 saturated heterocycles. The maximum atomic E-state index is 13.8. The van der Waals surface area contributed by atoms with Crippen molar-refractivity contribution in [2.45, 2.75) is 31.1 Å². The molecule has 3 aliphatic rings. The van der Waals surface area contributed by atoms with Crippen molar-refractivity contribution in [3.63, 3.8) is 0 Å². The van der Waals surface area contributed by atoms with Crippen LogP contribution in [0.15, 0.2) is 78.0 Å². The van der Waals surface area contributed by atoms with Gasteiger partial charge in [0.05, 0.1) is 16.3 Å². The average molecular weight is 516 g/mol. The van der Waals surface area contributed by atoms with E-state index in [9.17, 15) is 19.5 Å². The molecule has 0 bridgehead atoms. The average Bonchev–Trinajstić information content (AvgIpc) is 3.37. The minimum absolute atomic E-state index is 0.00832. The molecule has 2 aliphatic heterocycles. The van der Waals surface area contributed by atoms with E-state index in [1.807, 2.05) is 42.5 Å². The Morgan fingerprint density at radius 2 is 1.68 bits per heavy atom. The number of aromatic carboxylic acids is 1. The molecule has 2 heterocycles. The van der Waals surface area contributed by atoms with Crippen LogP contribution in [-0.4, -0.2) is 29.6 Å². The number of carboxylic acid groups (broad SMARTS) is 1. The Kier molecular flexibility index (Phi) is 5.72. The lowest BCUT2D eigenvalue weighted by Crippen LogP contribution is -2.42. The maximum absolute atomic E-state index is 13.8. The zero-order valence-corrected chi connectivity index (χ0v) is 20.4. The standard InChI is InChI=1S/C29H22ClNO6/c30-21-8-6-18(29(34)35)10-22(21)31-23-11-19(16-4-2-1-3-5-16)12-24(32)28(23)20(14-27(31)33)17-7-9-25-26(13-17)37-15-36-25/h1-10,13,19-20H,11-12,14-15H2,(H,34,35). The van der Waals surface area contributed by atoms with Crippen LogP contribution in [-0.2, 0) is 9.59 Å². The topological polar surface area (TPSA) is 93.1 Å². The van der Waals surface area contributed by atoms with Gasteiger partial charge >= 0.3 is 5.97 Å². The molecule has 1 amide bonds. The fourth-order valence-electron chi connectivity index (χ4n) is 5.51. The number of ether oxygens (including phenoxy) is 2. The first-order chi connectivity index (χ1) is 17.9. The fraction of sp³-hybridized carbons (Fsp3) is 0.207. The van der Waals surface area contributed by atoms with Gasteiger partial charge in [-0.3, -0.25) is 14.5 Å². The van der Waals surface area contributed by atoms with Crippen LogP contribution < -0.4 is 14.4 Å². The molecule has 2 atom stereocenters. The predicted octanol–water partition coefficient (Wildman–Crippen LogP) is 5.69. The number of fused-ring (bicyclic) bond motifs is 1. The van der Waals surface area contributed by atoms with Crippen LogP contribution in [0.3, 0.4) is 0 Å². The molecule has 8 heteroatoms. The fourth-order valence-corrected chi connectivity index (χ4v) is 5.71. The number of hydrogen-bond donors (Lipinski definition) is 1. The lowest BCUT2D eigenvalue weighted by Gasteiger charge is -2.41. The van der Waals surface area contributed by atoms with Crippen LogP contribution in [0.4, 0.5) is 5.69 Å². The molecule has 0 spiro atoms. The predicted molar refractivity (Wildman–Crippen MR) is 136 cm³/mol. The Morgan fingerprint density at radius 3 is 2.46 bits per heavy atom. The first-order valence-corrected chi connectivity index (χ1v) is 12.3. The van der Waals surface area contributed by atoms with E-state index in [2.05, 4.69) is 0 Å². The van der Waals surface area contributed by atoms with E-state index in [4.69, 9.17) is 21.1 Å². The number of rotatable bonds is 4. The van der Waals surface area contributed by atoms with Gasteiger partial charge in [-0.05, 0) is 53.8 Å². The van der Waals surface area contributed by atoms with Crippen LogP contribution in [0.2, 0.25) is 5.02 Å². The highest BCUT2D eigenvalue weighted by Crippen LogP contribution is 2.49. The van der Waals surface area contributed by atoms with Crippen molar-refractivity contribution in [1.29, 1.82) is 0 Å². The second-order valence-electron chi connectivity index (χ2n) is 9.37. The molecule has 1 aliphatic carbocycles. The number of nitrogens with zero attached hydrogens (tertiary/aromatic N) is 1. The quantitative estimate of drug-likeness (QED) is 0.480. The van der Waals surface area contributed by atoms with E-state index in [1.54, 1.807) is 6.07 Å². The highest BCUT2D eigenvalue weighted by molar-refractivity contribution is 6.34. The SMILES string of the molecule is O=C1CC(c2ccccc2)CC2=C1C(c1ccc3c(c1)OCO3)CC(=O)N2c1cc(C(=O)O)ccc1Cl. The van der Waals surface area contributed by atoms with E-state index >= 15 is 0 Å². The van der Waals surface area contributed by atoms with E-state index in [0.717, 1.165) is 11.1 Å². The zero-order valence-electron chi connectivity index (χ0n) is 19.6. The summed E-state index contributed by atoms with van der Waals surface area (Å²) in [7, 11) is 0. The van der Waals surface area contributed by atoms with Gasteiger partial charge < -0.3 is 14.6 Å². The zero-order chi connectivity index (χ0) is 25.7. The Balaban J connectivity index is 1.52. The molecule has 3 aromatic carbocycles. The van der Waals surface area contributed by atoms with Gasteiger partial charge in [-0.1, -0.05) is 48.0 Å². The summed E-state index contributed by atoms with van der Waals surface area (Å²) in [5, 5.41) is 9.80. The molecule has 0 fully saturated rings. The molecule has 1 N–H and O–H groups in total. The van der Waals surface area contributed by atoms with Gasteiger partial charge in [0, 0.05) is 30.0 Å². The number of allylic oxidation sites excluding steroid dienone is 2. The third kappa shape index (κ3) is 4.05. The Bertz CT molecular complexity index is 1480. The van der Waals surface area contributed by atoms with Gasteiger partial charge in [-0.2, -0.15) is 0 Å². The van der Waals surface area contributed by atoms with Crippen molar-refractivity contribution < 1.29 is 29.0 Å². The van der Waals surface area contributed by atoms with Gasteiger partial charge in [0.2, 0.25) is 12.7 Å². The third-order valence-electron chi connectivity index (χ3n) is 7.23. The highest BCUT2D eigenvalue weighted by Gasteiger charge is 2.43. The number of hydrogen-bond acceptors (Lipinski definition) is 5. The van der Waals surface area contributed by atoms with Crippen molar-refractivity contribution in [3.8, 4) is 11.5 Å². The van der Waals surface area contributed by atoms with Crippen LogP contribution in [0.5, 0.6) is 11.5 Å². The summed E-state index contributed by atoms with van der Waals surface area (Å²) >= 11 is 6.51. The van der Waals surface area contributed by atoms with Gasteiger partial charge in [0.15, 0.2) is 17.3 Å². The van der Waals surface area contributed by atoms with Crippen molar-refractivity contribution in [3.05, 3.63) is 99.7 Å². The van der Waals surface area contributed by atoms with Gasteiger partial charge in [-0.15, -0.1) is 0 Å². The number of carbonyl (C=O) groups is 3. The summed E-state index contributed by atoms with van der Waals surface area (Å²) in [6, 6.07) is 19.5. The first kappa shape index (κ1) is 23.3. The molecule has 6 rings (SSSR count). The Hall–Kier alpha value is -4.10. The minimum atomic E-state index is -1.13. The second kappa shape index (κ2) is 9.09. The monoisotopic (exact) mass is 515 g/mol. The molecule has 2 unspecified atom stereocenters. The largest absolute Gasteiger partial charge is 0.478 e. The number of anilines is 1. The van der Waals surface area contributed by atoms with Gasteiger partial charge in [0.25, 0.3) is 0 Å². The lowest BCUT2D eigenvalue weighted by molar-refractivity contribution is -0.120. The Morgan fingerprint density at radius 1 is 0.892 bits per heavy atom. The van der Waals surface area contributed by atoms with E-state index in [0.29, 0.717) is 35.6 Å². The van der Waals surface area contributed by atoms with Crippen LogP contribution in [0.25, 0.3) is 0 Å². The van der Waals surface area contributed by atoms with Crippen molar-refractivity contribution in [2.24, 2.45) is 0 Å². The van der Waals surface area contributed by atoms with Crippen molar-refractivity contribution in [2.75, 3.05) is 11.7 Å². The summed E-state index contributed by atoms with van der Waals surface area (Å²) in [6.07, 6.45) is 0.786. The number of ketones is 1. The number of carboxylic acids is 1. The molecule has 0 saturated carbocycles. The van der Waals surface area contributed by atoms with E-state index in [-0.39, 0.29) is 47.1 Å². The third-order valence-corrected chi connectivity index (χ3v) is 7.55. The van der Waals surface area contributed by atoms with Crippen molar-refractivity contribution in [1.82, 2.24) is 0 Å². The van der Waals surface area contributed by atoms with Crippen molar-refractivity contribution >= 4 is 34.9 Å². The van der Waals surface area contributed by atoms with E-state index < -0.39 is 11.9 Å². The number of benzene rings is 3. The molecule has 0 aromatic heterocycles. The summed E-state index contributed by atoms with van der Waals surface area (Å²) in [6.45, 7) is 0.125. The highest BCUT2D eigenvalue weighted by atomic mass is 35.5. The second-order valence-corrected chi connectivity index (χ2v) is 9.78. The Labute approximate surface area is 217 Å². The summed E-state index contributed by atoms with van der Waals surface area (Å²) in [5.74, 6) is -0.807. The molecule has 0 radical (unpaired) electrons. The number of halogens is 1. The minimum Gasteiger partial charge on any atom is -0.478 e. The molecule has 186 valence electrons. The number of Topliss-reactive ketones (excluding diaryl/α,β-unsaturated/α-hetero) is 1. The van der Waals surface area contributed by atoms with Crippen LogP contribution >= 0.6 is 11.6 Å². The normalized spacial score (nSPS) is 20.7. The summed E-state index contributed by atoms with van der Waals surface area (Å²) in [5.41, 5.74) is 3.20. The molecular weight excluding hydrogens is 494 g/mol. The van der Waals surface area contributed by atoms with Crippen LogP contribution in [0.1, 0.15) is 52.6 Å². The van der Waals surface area contributed by atoms with Gasteiger partial charge in [0.1, 0.15) is 0 Å². The smallest absolute Gasteiger partial charge is 0.335 e. The van der Waals surface area contributed by atoms with E-state index in [1.165, 1.54) is 23.1 Å². The molecule has 7 nitrogen and oxygen atoms in total. The molecule has 3 aromatic rings. The van der Waals surface area contributed by atoms with Crippen LogP contribution in [0, 0.1) is 0 Å². The number of carbonyl (C=O) groups excluding carboxylic acids is 2. The summed E-state index contributed by atoms with van der Waals surface area (Å²) in [4.78, 5) is 40.7. The van der Waals surface area contributed by atoms with Gasteiger partial charge in [-0.25, -0.2) is 4.79 Å². The summed E-state index contributed by atoms with van der Waals surface area (Å²) < 4.78 is 11.0. The number of amides is 1. The molecular formula is C29H22ClNO6.